The van der Waals surface area contributed by atoms with Gasteiger partial charge in [0.1, 0.15) is 5.69 Å². The molecule has 1 aromatic carbocycles. The minimum absolute atomic E-state index is 0.164. The lowest BCUT2D eigenvalue weighted by Crippen LogP contribution is -2.28. The number of benzene rings is 1. The van der Waals surface area contributed by atoms with Crippen LogP contribution >= 0.6 is 0 Å². The second-order valence-corrected chi connectivity index (χ2v) is 5.34. The molecule has 2 heterocycles. The molecule has 122 valence electrons. The molecule has 2 N–H and O–H groups in total. The van der Waals surface area contributed by atoms with Crippen molar-refractivity contribution >= 4 is 28.4 Å². The zero-order valence-electron chi connectivity index (χ0n) is 13.2. The van der Waals surface area contributed by atoms with Crippen molar-refractivity contribution in [2.24, 2.45) is 7.05 Å². The average Bonchev–Trinajstić information content (AvgIpc) is 2.96. The minimum atomic E-state index is -0.346. The van der Waals surface area contributed by atoms with Crippen molar-refractivity contribution in [2.75, 3.05) is 11.9 Å². The molecule has 0 spiro atoms. The zero-order valence-corrected chi connectivity index (χ0v) is 13.2. The van der Waals surface area contributed by atoms with Crippen LogP contribution < -0.4 is 10.6 Å². The van der Waals surface area contributed by atoms with E-state index in [2.05, 4.69) is 20.6 Å². The van der Waals surface area contributed by atoms with Gasteiger partial charge in [-0.25, -0.2) is 4.98 Å². The third-order valence-electron chi connectivity index (χ3n) is 3.61. The molecule has 2 aromatic heterocycles. The van der Waals surface area contributed by atoms with Gasteiger partial charge >= 0.3 is 0 Å². The quantitative estimate of drug-likeness (QED) is 0.748. The highest BCUT2D eigenvalue weighted by atomic mass is 16.2. The third kappa shape index (κ3) is 3.57. The fraction of sp³-hybridized carbons (Fsp3) is 0.176. The topological polar surface area (TPSA) is 88.9 Å². The summed E-state index contributed by atoms with van der Waals surface area (Å²) in [6.07, 6.45) is 6.47. The van der Waals surface area contributed by atoms with E-state index in [0.717, 1.165) is 16.6 Å². The summed E-state index contributed by atoms with van der Waals surface area (Å²) in [6.45, 7) is 0.230. The second kappa shape index (κ2) is 6.91. The monoisotopic (exact) mass is 323 g/mol. The van der Waals surface area contributed by atoms with Gasteiger partial charge in [0.2, 0.25) is 5.91 Å². The van der Waals surface area contributed by atoms with E-state index in [9.17, 15) is 9.59 Å². The van der Waals surface area contributed by atoms with Gasteiger partial charge in [-0.2, -0.15) is 0 Å². The van der Waals surface area contributed by atoms with E-state index >= 15 is 0 Å². The maximum absolute atomic E-state index is 12.0. The summed E-state index contributed by atoms with van der Waals surface area (Å²) in [6, 6.07) is 7.76. The number of rotatable bonds is 5. The summed E-state index contributed by atoms with van der Waals surface area (Å²) >= 11 is 0. The molecule has 0 atom stereocenters. The predicted molar refractivity (Wildman–Crippen MR) is 90.5 cm³/mol. The molecule has 7 nitrogen and oxygen atoms in total. The van der Waals surface area contributed by atoms with Gasteiger partial charge in [-0.15, -0.1) is 0 Å². The lowest BCUT2D eigenvalue weighted by Gasteiger charge is -2.07. The Bertz CT molecular complexity index is 873. The third-order valence-corrected chi connectivity index (χ3v) is 3.61. The van der Waals surface area contributed by atoms with Crippen LogP contribution in [0, 0.1) is 0 Å². The van der Waals surface area contributed by atoms with E-state index < -0.39 is 0 Å². The average molecular weight is 323 g/mol. The molecule has 2 amide bonds. The number of fused-ring (bicyclic) bond motifs is 1. The van der Waals surface area contributed by atoms with Crippen LogP contribution in [0.5, 0.6) is 0 Å². The second-order valence-electron chi connectivity index (χ2n) is 5.34. The van der Waals surface area contributed by atoms with Crippen LogP contribution in [0.25, 0.3) is 10.9 Å². The molecule has 0 unspecified atom stereocenters. The molecule has 0 saturated carbocycles. The van der Waals surface area contributed by atoms with E-state index in [0.29, 0.717) is 0 Å². The molecule has 0 bridgehead atoms. The van der Waals surface area contributed by atoms with Gasteiger partial charge in [0.25, 0.3) is 5.91 Å². The zero-order chi connectivity index (χ0) is 16.9. The molecule has 0 aliphatic rings. The summed E-state index contributed by atoms with van der Waals surface area (Å²) < 4.78 is 1.99. The van der Waals surface area contributed by atoms with E-state index in [1.165, 1.54) is 18.6 Å². The van der Waals surface area contributed by atoms with Crippen LogP contribution in [0.3, 0.4) is 0 Å². The van der Waals surface area contributed by atoms with Gasteiger partial charge in [0, 0.05) is 49.8 Å². The van der Waals surface area contributed by atoms with Crippen molar-refractivity contribution in [3.63, 3.8) is 0 Å². The standard InChI is InChI=1S/C17H17N5O2/c1-22-9-5-12-2-3-13(10-15(12)22)21-16(23)4-6-20-17(24)14-11-18-7-8-19-14/h2-3,5,7-11H,4,6H2,1H3,(H,20,24)(H,21,23). The highest BCUT2D eigenvalue weighted by molar-refractivity contribution is 5.95. The van der Waals surface area contributed by atoms with Crippen molar-refractivity contribution in [3.05, 3.63) is 54.7 Å². The smallest absolute Gasteiger partial charge is 0.271 e. The van der Waals surface area contributed by atoms with Crippen molar-refractivity contribution in [1.29, 1.82) is 0 Å². The van der Waals surface area contributed by atoms with Gasteiger partial charge < -0.3 is 15.2 Å². The predicted octanol–water partition coefficient (Wildman–Crippen LogP) is 1.73. The van der Waals surface area contributed by atoms with Gasteiger partial charge in [-0.1, -0.05) is 6.07 Å². The molecular formula is C17H17N5O2. The molecule has 0 aliphatic carbocycles. The van der Waals surface area contributed by atoms with E-state index in [1.807, 2.05) is 42.1 Å². The Balaban J connectivity index is 1.51. The number of amides is 2. The summed E-state index contributed by atoms with van der Waals surface area (Å²) in [5.41, 5.74) is 2.00. The summed E-state index contributed by atoms with van der Waals surface area (Å²) in [4.78, 5) is 31.5. The molecular weight excluding hydrogens is 306 g/mol. The number of aryl methyl sites for hydroxylation is 1. The highest BCUT2D eigenvalue weighted by Crippen LogP contribution is 2.19. The van der Waals surface area contributed by atoms with Crippen LogP contribution in [0.4, 0.5) is 5.69 Å². The Labute approximate surface area is 138 Å². The lowest BCUT2D eigenvalue weighted by atomic mass is 10.2. The first kappa shape index (κ1) is 15.7. The molecule has 3 rings (SSSR count). The Morgan fingerprint density at radius 1 is 1.21 bits per heavy atom. The van der Waals surface area contributed by atoms with Crippen LogP contribution in [-0.4, -0.2) is 32.9 Å². The first-order valence-corrected chi connectivity index (χ1v) is 7.52. The first-order valence-electron chi connectivity index (χ1n) is 7.52. The number of nitrogens with zero attached hydrogens (tertiary/aromatic N) is 3. The Morgan fingerprint density at radius 3 is 2.88 bits per heavy atom. The number of nitrogens with one attached hydrogen (secondary N) is 2. The van der Waals surface area contributed by atoms with Gasteiger partial charge in [0.05, 0.1) is 6.20 Å². The van der Waals surface area contributed by atoms with Crippen LogP contribution in [0.15, 0.2) is 49.1 Å². The molecule has 3 aromatic rings. The van der Waals surface area contributed by atoms with Crippen LogP contribution in [0.2, 0.25) is 0 Å². The van der Waals surface area contributed by atoms with Crippen LogP contribution in [0.1, 0.15) is 16.9 Å². The summed E-state index contributed by atoms with van der Waals surface area (Å²) in [5, 5.41) is 6.59. The summed E-state index contributed by atoms with van der Waals surface area (Å²) in [5.74, 6) is -0.510. The molecule has 7 heteroatoms. The number of carbonyl (C=O) groups is 2. The van der Waals surface area contributed by atoms with Crippen molar-refractivity contribution in [1.82, 2.24) is 19.9 Å². The molecule has 24 heavy (non-hydrogen) atoms. The van der Waals surface area contributed by atoms with E-state index in [1.54, 1.807) is 0 Å². The van der Waals surface area contributed by atoms with Crippen LogP contribution in [-0.2, 0) is 11.8 Å². The SMILES string of the molecule is Cn1ccc2ccc(NC(=O)CCNC(=O)c3cnccn3)cc21. The fourth-order valence-electron chi connectivity index (χ4n) is 2.36. The van der Waals surface area contributed by atoms with E-state index in [4.69, 9.17) is 0 Å². The highest BCUT2D eigenvalue weighted by Gasteiger charge is 2.08. The maximum atomic E-state index is 12.0. The molecule has 0 aliphatic heterocycles. The number of hydrogen-bond donors (Lipinski definition) is 2. The molecule has 0 saturated heterocycles. The Hall–Kier alpha value is -3.22. The number of anilines is 1. The van der Waals surface area contributed by atoms with Gasteiger partial charge in [-0.3, -0.25) is 14.6 Å². The Kier molecular flexibility index (Phi) is 4.51. The van der Waals surface area contributed by atoms with Crippen molar-refractivity contribution in [3.8, 4) is 0 Å². The van der Waals surface area contributed by atoms with Gasteiger partial charge in [-0.05, 0) is 23.6 Å². The number of carbonyl (C=O) groups excluding carboxylic acids is 2. The lowest BCUT2D eigenvalue weighted by molar-refractivity contribution is -0.116. The largest absolute Gasteiger partial charge is 0.350 e. The number of hydrogen-bond acceptors (Lipinski definition) is 4. The molecule has 0 fully saturated rings. The van der Waals surface area contributed by atoms with Crippen molar-refractivity contribution < 1.29 is 9.59 Å². The van der Waals surface area contributed by atoms with Crippen molar-refractivity contribution in [2.45, 2.75) is 6.42 Å². The summed E-state index contributed by atoms with van der Waals surface area (Å²) in [7, 11) is 1.95. The normalized spacial score (nSPS) is 10.5. The van der Waals surface area contributed by atoms with E-state index in [-0.39, 0.29) is 30.5 Å². The minimum Gasteiger partial charge on any atom is -0.350 e. The Morgan fingerprint density at radius 2 is 2.08 bits per heavy atom. The maximum Gasteiger partial charge on any atom is 0.271 e. The first-order chi connectivity index (χ1) is 11.6. The molecule has 0 radical (unpaired) electrons. The fourth-order valence-corrected chi connectivity index (χ4v) is 2.36. The van der Waals surface area contributed by atoms with Gasteiger partial charge in [0.15, 0.2) is 0 Å². The number of aromatic nitrogens is 3.